The number of esters is 1. The molecule has 0 spiro atoms. The molecule has 5 nitrogen and oxygen atoms in total. The first-order valence-electron chi connectivity index (χ1n) is 4.59. The molecule has 0 aliphatic rings. The molecule has 0 unspecified atom stereocenters. The molecule has 2 N–H and O–H groups in total. The molecule has 0 heterocycles. The van der Waals surface area contributed by atoms with Gasteiger partial charge in [0.15, 0.2) is 0 Å². The number of nitrogens with zero attached hydrogens (tertiary/aromatic N) is 1. The van der Waals surface area contributed by atoms with Gasteiger partial charge in [0.25, 0.3) is 0 Å². The predicted molar refractivity (Wildman–Crippen MR) is 61.7 cm³/mol. The van der Waals surface area contributed by atoms with Crippen molar-refractivity contribution in [1.82, 2.24) is 0 Å². The molecule has 0 amide bonds. The van der Waals surface area contributed by atoms with Crippen molar-refractivity contribution < 1.29 is 14.6 Å². The largest absolute Gasteiger partial charge is 0.508 e. The zero-order chi connectivity index (χ0) is 12.0. The average Bonchev–Trinajstić information content (AvgIpc) is 2.28. The van der Waals surface area contributed by atoms with Gasteiger partial charge in [0.2, 0.25) is 5.17 Å². The maximum atomic E-state index is 11.1. The van der Waals surface area contributed by atoms with Crippen molar-refractivity contribution in [2.45, 2.75) is 6.92 Å². The Bertz CT molecular complexity index is 390. The average molecular weight is 243 g/mol. The number of phenolic OH excluding ortho intramolecular Hbond substituents is 1. The molecule has 0 aliphatic heterocycles. The van der Waals surface area contributed by atoms with Crippen LogP contribution >= 0.6 is 11.6 Å². The number of ether oxygens (including phenoxy) is 1. The van der Waals surface area contributed by atoms with Crippen LogP contribution in [0.2, 0.25) is 0 Å². The molecule has 0 atom stereocenters. The lowest BCUT2D eigenvalue weighted by atomic mass is 10.3. The molecule has 1 rings (SSSR count). The van der Waals surface area contributed by atoms with Gasteiger partial charge in [-0.25, -0.2) is 4.79 Å². The number of carbonyl (C=O) groups is 1. The number of nitrogens with one attached hydrogen (secondary N) is 1. The van der Waals surface area contributed by atoms with E-state index < -0.39 is 5.97 Å². The monoisotopic (exact) mass is 242 g/mol. The van der Waals surface area contributed by atoms with Crippen LogP contribution in [-0.2, 0) is 9.53 Å². The summed E-state index contributed by atoms with van der Waals surface area (Å²) in [6.07, 6.45) is 0. The quantitative estimate of drug-likeness (QED) is 0.366. The standard InChI is InChI=1S/C10H11ClN2O3/c1-2-16-10(15)9(11)13-12-7-3-5-8(14)6-4-7/h3-6,12,14H,2H2,1H3/b13-9-. The molecular formula is C10H11ClN2O3. The van der Waals surface area contributed by atoms with Crippen molar-refractivity contribution in [1.29, 1.82) is 0 Å². The van der Waals surface area contributed by atoms with E-state index in [2.05, 4.69) is 15.3 Å². The first-order chi connectivity index (χ1) is 7.63. The number of anilines is 1. The van der Waals surface area contributed by atoms with Crippen LogP contribution in [0.5, 0.6) is 5.75 Å². The number of halogens is 1. The summed E-state index contributed by atoms with van der Waals surface area (Å²) in [5.74, 6) is -0.540. The maximum Gasteiger partial charge on any atom is 0.370 e. The van der Waals surface area contributed by atoms with Crippen molar-refractivity contribution in [3.05, 3.63) is 24.3 Å². The van der Waals surface area contributed by atoms with Gasteiger partial charge in [-0.2, -0.15) is 5.10 Å². The first-order valence-corrected chi connectivity index (χ1v) is 4.96. The number of hydrogen-bond donors (Lipinski definition) is 2. The first kappa shape index (κ1) is 12.3. The third-order valence-corrected chi connectivity index (χ3v) is 1.83. The zero-order valence-corrected chi connectivity index (χ0v) is 9.36. The number of hydrazone groups is 1. The van der Waals surface area contributed by atoms with E-state index in [9.17, 15) is 4.79 Å². The Labute approximate surface area is 97.7 Å². The van der Waals surface area contributed by atoms with E-state index in [0.717, 1.165) is 0 Å². The summed E-state index contributed by atoms with van der Waals surface area (Å²) >= 11 is 5.55. The molecule has 0 aliphatic carbocycles. The second-order valence-corrected chi connectivity index (χ2v) is 3.14. The van der Waals surface area contributed by atoms with Gasteiger partial charge < -0.3 is 9.84 Å². The Balaban J connectivity index is 2.58. The van der Waals surface area contributed by atoms with Crippen LogP contribution in [0.25, 0.3) is 0 Å². The van der Waals surface area contributed by atoms with E-state index in [1.165, 1.54) is 12.1 Å². The summed E-state index contributed by atoms with van der Waals surface area (Å²) in [4.78, 5) is 11.1. The van der Waals surface area contributed by atoms with Crippen LogP contribution in [0.15, 0.2) is 29.4 Å². The van der Waals surface area contributed by atoms with Crippen molar-refractivity contribution in [3.63, 3.8) is 0 Å². The number of aromatic hydroxyl groups is 1. The van der Waals surface area contributed by atoms with E-state index in [1.807, 2.05) is 0 Å². The molecule has 0 saturated heterocycles. The minimum Gasteiger partial charge on any atom is -0.508 e. The Morgan fingerprint density at radius 3 is 2.69 bits per heavy atom. The van der Waals surface area contributed by atoms with E-state index >= 15 is 0 Å². The maximum absolute atomic E-state index is 11.1. The van der Waals surface area contributed by atoms with E-state index in [1.54, 1.807) is 19.1 Å². The highest BCUT2D eigenvalue weighted by Crippen LogP contribution is 2.13. The predicted octanol–water partition coefficient (Wildman–Crippen LogP) is 1.92. The van der Waals surface area contributed by atoms with Crippen molar-refractivity contribution in [2.75, 3.05) is 12.0 Å². The Morgan fingerprint density at radius 2 is 2.12 bits per heavy atom. The third kappa shape index (κ3) is 3.78. The van der Waals surface area contributed by atoms with Gasteiger partial charge in [0.1, 0.15) is 5.75 Å². The smallest absolute Gasteiger partial charge is 0.370 e. The molecule has 1 aromatic rings. The third-order valence-electron chi connectivity index (χ3n) is 1.59. The van der Waals surface area contributed by atoms with Gasteiger partial charge in [-0.05, 0) is 31.2 Å². The summed E-state index contributed by atoms with van der Waals surface area (Å²) in [7, 11) is 0. The number of carbonyl (C=O) groups excluding carboxylic acids is 1. The molecule has 6 heteroatoms. The number of rotatable bonds is 4. The molecule has 0 fully saturated rings. The minimum absolute atomic E-state index is 0.144. The van der Waals surface area contributed by atoms with Crippen LogP contribution < -0.4 is 5.43 Å². The second kappa shape index (κ2) is 5.97. The summed E-state index contributed by atoms with van der Waals surface area (Å²) in [5.41, 5.74) is 3.15. The van der Waals surface area contributed by atoms with E-state index in [0.29, 0.717) is 5.69 Å². The van der Waals surface area contributed by atoms with Gasteiger partial charge in [-0.1, -0.05) is 11.6 Å². The van der Waals surface area contributed by atoms with Crippen LogP contribution in [-0.4, -0.2) is 22.9 Å². The lowest BCUT2D eigenvalue weighted by molar-refractivity contribution is -0.134. The van der Waals surface area contributed by atoms with Crippen LogP contribution in [0.1, 0.15) is 6.92 Å². The number of benzene rings is 1. The van der Waals surface area contributed by atoms with E-state index in [-0.39, 0.29) is 17.5 Å². The summed E-state index contributed by atoms with van der Waals surface area (Å²) in [6.45, 7) is 1.92. The second-order valence-electron chi connectivity index (χ2n) is 2.78. The fourth-order valence-electron chi connectivity index (χ4n) is 0.886. The molecular weight excluding hydrogens is 232 g/mol. The van der Waals surface area contributed by atoms with Gasteiger partial charge in [0.05, 0.1) is 12.3 Å². The Kier molecular flexibility index (Phi) is 4.60. The summed E-state index contributed by atoms with van der Waals surface area (Å²) < 4.78 is 4.63. The van der Waals surface area contributed by atoms with Gasteiger partial charge >= 0.3 is 5.97 Å². The highest BCUT2D eigenvalue weighted by atomic mass is 35.5. The van der Waals surface area contributed by atoms with Gasteiger partial charge in [-0.15, -0.1) is 0 Å². The van der Waals surface area contributed by atoms with Crippen LogP contribution in [0, 0.1) is 0 Å². The SMILES string of the molecule is CCOC(=O)/C(Cl)=N/Nc1ccc(O)cc1. The minimum atomic E-state index is -0.685. The van der Waals surface area contributed by atoms with Crippen LogP contribution in [0.4, 0.5) is 5.69 Å². The molecule has 0 radical (unpaired) electrons. The van der Waals surface area contributed by atoms with Crippen molar-refractivity contribution in [2.24, 2.45) is 5.10 Å². The Hall–Kier alpha value is -1.75. The van der Waals surface area contributed by atoms with Crippen LogP contribution in [0.3, 0.4) is 0 Å². The molecule has 0 aromatic heterocycles. The van der Waals surface area contributed by atoms with Crippen molar-refractivity contribution >= 4 is 28.4 Å². The fraction of sp³-hybridized carbons (Fsp3) is 0.200. The molecule has 0 bridgehead atoms. The lowest BCUT2D eigenvalue weighted by Crippen LogP contribution is -2.13. The summed E-state index contributed by atoms with van der Waals surface area (Å²) in [6, 6.07) is 6.15. The zero-order valence-electron chi connectivity index (χ0n) is 8.61. The highest BCUT2D eigenvalue weighted by Gasteiger charge is 2.08. The van der Waals surface area contributed by atoms with Gasteiger partial charge in [0, 0.05) is 0 Å². The topological polar surface area (TPSA) is 70.9 Å². The number of hydrogen-bond acceptors (Lipinski definition) is 5. The van der Waals surface area contributed by atoms with Crippen molar-refractivity contribution in [3.8, 4) is 5.75 Å². The number of phenols is 1. The molecule has 16 heavy (non-hydrogen) atoms. The normalized spacial score (nSPS) is 11.0. The van der Waals surface area contributed by atoms with Gasteiger partial charge in [-0.3, -0.25) is 5.43 Å². The molecule has 0 saturated carbocycles. The Morgan fingerprint density at radius 1 is 1.50 bits per heavy atom. The van der Waals surface area contributed by atoms with E-state index in [4.69, 9.17) is 16.7 Å². The lowest BCUT2D eigenvalue weighted by Gasteiger charge is -2.01. The molecule has 1 aromatic carbocycles. The summed E-state index contributed by atoms with van der Waals surface area (Å²) in [5, 5.41) is 12.4. The highest BCUT2D eigenvalue weighted by molar-refractivity contribution is 6.82. The fourth-order valence-corrected chi connectivity index (χ4v) is 0.983. The molecule has 86 valence electrons.